The summed E-state index contributed by atoms with van der Waals surface area (Å²) in [5, 5.41) is 0. The van der Waals surface area contributed by atoms with Crippen molar-refractivity contribution in [2.75, 3.05) is 0 Å². The average Bonchev–Trinajstić information content (AvgIpc) is 1.97. The molecule has 1 heteroatoms. The molecule has 0 aliphatic heterocycles. The van der Waals surface area contributed by atoms with Crippen LogP contribution in [0.25, 0.3) is 0 Å². The van der Waals surface area contributed by atoms with Gasteiger partial charge in [0.05, 0.1) is 0 Å². The lowest BCUT2D eigenvalue weighted by molar-refractivity contribution is 0.727. The molecule has 68 valence electrons. The van der Waals surface area contributed by atoms with Crippen LogP contribution in [-0.4, -0.2) is 0 Å². The zero-order valence-corrected chi connectivity index (χ0v) is 8.62. The van der Waals surface area contributed by atoms with E-state index in [4.69, 9.17) is 0 Å². The first-order chi connectivity index (χ1) is 4.91. The first-order valence-electron chi connectivity index (χ1n) is 4.56. The molecule has 0 unspecified atom stereocenters. The summed E-state index contributed by atoms with van der Waals surface area (Å²) in [7, 11) is 0. The van der Waals surface area contributed by atoms with Crippen LogP contribution in [0.15, 0.2) is 12.2 Å². The molecule has 0 spiro atoms. The number of hydrogen-bond acceptors (Lipinski definition) is 0. The number of rotatable bonds is 6. The smallest absolute Gasteiger partial charge is 0.0351 e. The lowest BCUT2D eigenvalue weighted by Crippen LogP contribution is -1.70. The van der Waals surface area contributed by atoms with E-state index in [0.29, 0.717) is 0 Å². The summed E-state index contributed by atoms with van der Waals surface area (Å²) in [5.74, 6) is 0. The van der Waals surface area contributed by atoms with Crippen LogP contribution in [0.4, 0.5) is 0 Å². The van der Waals surface area contributed by atoms with Crippen molar-refractivity contribution in [2.45, 2.75) is 52.4 Å². The van der Waals surface area contributed by atoms with Crippen molar-refractivity contribution in [3.63, 3.8) is 0 Å². The predicted octanol–water partition coefficient (Wildman–Crippen LogP) is 4.34. The first kappa shape index (κ1) is 13.6. The summed E-state index contributed by atoms with van der Waals surface area (Å²) in [6.07, 6.45) is 12.5. The van der Waals surface area contributed by atoms with Crippen LogP contribution in [0.1, 0.15) is 52.4 Å². The number of halogens is 1. The quantitative estimate of drug-likeness (QED) is 0.417. The molecule has 0 saturated heterocycles. The van der Waals surface area contributed by atoms with E-state index in [9.17, 15) is 0 Å². The van der Waals surface area contributed by atoms with E-state index in [2.05, 4.69) is 26.0 Å². The zero-order valence-electron chi connectivity index (χ0n) is 7.81. The molecule has 0 rings (SSSR count). The average molecular weight is 177 g/mol. The van der Waals surface area contributed by atoms with Gasteiger partial charge in [-0.1, -0.05) is 45.3 Å². The molecule has 0 radical (unpaired) electrons. The second-order valence-electron chi connectivity index (χ2n) is 2.76. The van der Waals surface area contributed by atoms with Crippen LogP contribution in [0.5, 0.6) is 0 Å². The lowest BCUT2D eigenvalue weighted by Gasteiger charge is -1.90. The van der Waals surface area contributed by atoms with Gasteiger partial charge in [0.1, 0.15) is 0 Å². The second-order valence-corrected chi connectivity index (χ2v) is 2.76. The highest BCUT2D eigenvalue weighted by Crippen LogP contribution is 2.00. The molecule has 0 nitrogen and oxygen atoms in total. The minimum Gasteiger partial charge on any atom is -0.147 e. The first-order valence-corrected chi connectivity index (χ1v) is 4.56. The Morgan fingerprint density at radius 3 is 2.00 bits per heavy atom. The number of hydrogen-bond donors (Lipinski definition) is 0. The van der Waals surface area contributed by atoms with Gasteiger partial charge in [-0.25, -0.2) is 0 Å². The molecule has 0 aromatic rings. The van der Waals surface area contributed by atoms with Crippen molar-refractivity contribution in [1.29, 1.82) is 0 Å². The second kappa shape index (κ2) is 12.7. The van der Waals surface area contributed by atoms with Crippen molar-refractivity contribution in [3.05, 3.63) is 12.2 Å². The fourth-order valence-electron chi connectivity index (χ4n) is 0.915. The highest BCUT2D eigenvalue weighted by atomic mass is 35.5. The van der Waals surface area contributed by atoms with Crippen molar-refractivity contribution in [1.82, 2.24) is 0 Å². The minimum absolute atomic E-state index is 0. The van der Waals surface area contributed by atoms with Gasteiger partial charge < -0.3 is 0 Å². The molecule has 0 N–H and O–H groups in total. The van der Waals surface area contributed by atoms with Gasteiger partial charge in [-0.3, -0.25) is 0 Å². The van der Waals surface area contributed by atoms with Gasteiger partial charge in [-0.15, -0.1) is 12.4 Å². The Morgan fingerprint density at radius 1 is 0.818 bits per heavy atom. The van der Waals surface area contributed by atoms with E-state index in [1.54, 1.807) is 0 Å². The van der Waals surface area contributed by atoms with E-state index >= 15 is 0 Å². The summed E-state index contributed by atoms with van der Waals surface area (Å²) in [4.78, 5) is 0. The monoisotopic (exact) mass is 176 g/mol. The molecule has 0 aliphatic carbocycles. The summed E-state index contributed by atoms with van der Waals surface area (Å²) in [6.45, 7) is 4.46. The van der Waals surface area contributed by atoms with Gasteiger partial charge in [-0.05, 0) is 19.3 Å². The summed E-state index contributed by atoms with van der Waals surface area (Å²) >= 11 is 0. The zero-order chi connectivity index (χ0) is 7.66. The predicted molar refractivity (Wildman–Crippen MR) is 55.4 cm³/mol. The Morgan fingerprint density at radius 2 is 1.45 bits per heavy atom. The molecular weight excluding hydrogens is 156 g/mol. The van der Waals surface area contributed by atoms with Crippen LogP contribution in [-0.2, 0) is 0 Å². The van der Waals surface area contributed by atoms with Crippen LogP contribution >= 0.6 is 12.4 Å². The molecule has 0 heterocycles. The van der Waals surface area contributed by atoms with Crippen LogP contribution in [0.2, 0.25) is 0 Å². The van der Waals surface area contributed by atoms with Gasteiger partial charge >= 0.3 is 0 Å². The van der Waals surface area contributed by atoms with Gasteiger partial charge in [0.2, 0.25) is 0 Å². The topological polar surface area (TPSA) is 0 Å². The molecule has 0 amide bonds. The molecule has 0 aliphatic rings. The summed E-state index contributed by atoms with van der Waals surface area (Å²) in [5.41, 5.74) is 0. The molecule has 0 fully saturated rings. The third-order valence-electron chi connectivity index (χ3n) is 1.60. The number of unbranched alkanes of at least 4 members (excludes halogenated alkanes) is 4. The van der Waals surface area contributed by atoms with E-state index < -0.39 is 0 Å². The van der Waals surface area contributed by atoms with E-state index in [1.807, 2.05) is 0 Å². The minimum atomic E-state index is 0. The molecule has 0 aromatic carbocycles. The fourth-order valence-corrected chi connectivity index (χ4v) is 0.915. The largest absolute Gasteiger partial charge is 0.147 e. The standard InChI is InChI=1S/C10H20.ClH/c1-3-5-7-9-10-8-6-4-2;/h7,9H,3-6,8,10H2,1-2H3;1H. The Bertz CT molecular complexity index is 76.9. The van der Waals surface area contributed by atoms with E-state index in [1.165, 1.54) is 38.5 Å². The SMILES string of the molecule is CCCC=CCCCCC.Cl. The Labute approximate surface area is 77.5 Å². The summed E-state index contributed by atoms with van der Waals surface area (Å²) in [6, 6.07) is 0. The Hall–Kier alpha value is 0.0300. The van der Waals surface area contributed by atoms with Crippen LogP contribution in [0.3, 0.4) is 0 Å². The van der Waals surface area contributed by atoms with Gasteiger partial charge in [0, 0.05) is 0 Å². The van der Waals surface area contributed by atoms with Crippen molar-refractivity contribution in [3.8, 4) is 0 Å². The Balaban J connectivity index is 0. The summed E-state index contributed by atoms with van der Waals surface area (Å²) < 4.78 is 0. The van der Waals surface area contributed by atoms with E-state index in [0.717, 1.165) is 0 Å². The fraction of sp³-hybridized carbons (Fsp3) is 0.800. The van der Waals surface area contributed by atoms with Crippen molar-refractivity contribution >= 4 is 12.4 Å². The maximum absolute atomic E-state index is 2.32. The molecule has 0 aromatic heterocycles. The lowest BCUT2D eigenvalue weighted by atomic mass is 10.2. The maximum Gasteiger partial charge on any atom is -0.0351 e. The van der Waals surface area contributed by atoms with Gasteiger partial charge in [0.15, 0.2) is 0 Å². The third kappa shape index (κ3) is 13.1. The molecule has 0 bridgehead atoms. The maximum atomic E-state index is 2.32. The van der Waals surface area contributed by atoms with Crippen molar-refractivity contribution < 1.29 is 0 Å². The normalized spacial score (nSPS) is 10.0. The molecule has 0 atom stereocenters. The molecular formula is C10H21Cl. The van der Waals surface area contributed by atoms with E-state index in [-0.39, 0.29) is 12.4 Å². The van der Waals surface area contributed by atoms with Gasteiger partial charge in [0.25, 0.3) is 0 Å². The Kier molecular flexibility index (Phi) is 15.7. The van der Waals surface area contributed by atoms with Crippen LogP contribution < -0.4 is 0 Å². The van der Waals surface area contributed by atoms with Crippen LogP contribution in [0, 0.1) is 0 Å². The highest BCUT2D eigenvalue weighted by Gasteiger charge is 1.80. The van der Waals surface area contributed by atoms with Crippen molar-refractivity contribution in [2.24, 2.45) is 0 Å². The van der Waals surface area contributed by atoms with Gasteiger partial charge in [-0.2, -0.15) is 0 Å². The number of allylic oxidation sites excluding steroid dienone is 2. The molecule has 11 heavy (non-hydrogen) atoms. The highest BCUT2D eigenvalue weighted by molar-refractivity contribution is 5.85. The third-order valence-corrected chi connectivity index (χ3v) is 1.60. The molecule has 0 saturated carbocycles.